The number of nitrogens with zero attached hydrogens (tertiary/aromatic N) is 1. The van der Waals surface area contributed by atoms with Crippen LogP contribution in [0.15, 0.2) is 42.6 Å². The van der Waals surface area contributed by atoms with E-state index in [9.17, 15) is 0 Å². The first kappa shape index (κ1) is 12.1. The second-order valence-corrected chi connectivity index (χ2v) is 5.19. The average Bonchev–Trinajstić information content (AvgIpc) is 2.39. The Morgan fingerprint density at radius 2 is 1.71 bits per heavy atom. The third kappa shape index (κ3) is 2.86. The highest BCUT2D eigenvalue weighted by atomic mass is 79.9. The number of alkyl halides is 1. The summed E-state index contributed by atoms with van der Waals surface area (Å²) >= 11 is 3.50. The van der Waals surface area contributed by atoms with E-state index in [1.165, 1.54) is 0 Å². The Labute approximate surface area is 110 Å². The number of aromatic nitrogens is 1. The highest BCUT2D eigenvalue weighted by Gasteiger charge is 2.03. The van der Waals surface area contributed by atoms with Gasteiger partial charge in [-0.1, -0.05) is 34.1 Å². The lowest BCUT2D eigenvalue weighted by atomic mass is 10.1. The van der Waals surface area contributed by atoms with E-state index in [1.54, 1.807) is 7.11 Å². The number of halogens is 1. The maximum absolute atomic E-state index is 5.13. The molecule has 17 heavy (non-hydrogen) atoms. The Morgan fingerprint density at radius 1 is 1.06 bits per heavy atom. The first-order valence-corrected chi connectivity index (χ1v) is 6.36. The molecule has 0 saturated carbocycles. The molecule has 1 atom stereocenters. The molecular weight excluding hydrogens is 278 g/mol. The Kier molecular flexibility index (Phi) is 3.79. The predicted octanol–water partition coefficient (Wildman–Crippen LogP) is 4.21. The molecule has 0 N–H and O–H groups in total. The summed E-state index contributed by atoms with van der Waals surface area (Å²) in [5.74, 6) is 0.868. The van der Waals surface area contributed by atoms with Crippen LogP contribution in [0.25, 0.3) is 11.1 Å². The van der Waals surface area contributed by atoms with Crippen LogP contribution >= 0.6 is 15.9 Å². The molecular formula is C14H14BrNO. The number of ether oxygens (including phenoxy) is 1. The number of methoxy groups -OCH3 is 1. The van der Waals surface area contributed by atoms with E-state index in [2.05, 4.69) is 33.9 Å². The second kappa shape index (κ2) is 5.32. The van der Waals surface area contributed by atoms with Crippen LogP contribution in [0.5, 0.6) is 5.75 Å². The molecule has 0 aliphatic carbocycles. The third-order valence-corrected chi connectivity index (χ3v) is 3.09. The topological polar surface area (TPSA) is 22.1 Å². The predicted molar refractivity (Wildman–Crippen MR) is 73.6 cm³/mol. The Balaban J connectivity index is 2.26. The summed E-state index contributed by atoms with van der Waals surface area (Å²) in [7, 11) is 1.67. The molecule has 0 aliphatic heterocycles. The number of hydrogen-bond acceptors (Lipinski definition) is 2. The van der Waals surface area contributed by atoms with E-state index >= 15 is 0 Å². The normalized spacial score (nSPS) is 12.2. The van der Waals surface area contributed by atoms with Crippen LogP contribution in [0.4, 0.5) is 0 Å². The zero-order valence-corrected chi connectivity index (χ0v) is 11.4. The van der Waals surface area contributed by atoms with Crippen molar-refractivity contribution in [2.75, 3.05) is 7.11 Å². The Bertz CT molecular complexity index is 477. The maximum Gasteiger partial charge on any atom is 0.118 e. The minimum absolute atomic E-state index is 0.285. The lowest BCUT2D eigenvalue weighted by Gasteiger charge is -2.06. The smallest absolute Gasteiger partial charge is 0.118 e. The van der Waals surface area contributed by atoms with Crippen molar-refractivity contribution in [3.8, 4) is 16.9 Å². The van der Waals surface area contributed by atoms with E-state index < -0.39 is 0 Å². The maximum atomic E-state index is 5.13. The van der Waals surface area contributed by atoms with Gasteiger partial charge >= 0.3 is 0 Å². The molecule has 0 radical (unpaired) electrons. The third-order valence-electron chi connectivity index (χ3n) is 2.62. The summed E-state index contributed by atoms with van der Waals surface area (Å²) in [5, 5.41) is 0. The van der Waals surface area contributed by atoms with Gasteiger partial charge in [-0.25, -0.2) is 0 Å². The van der Waals surface area contributed by atoms with Crippen molar-refractivity contribution in [2.24, 2.45) is 0 Å². The van der Waals surface area contributed by atoms with Gasteiger partial charge < -0.3 is 4.74 Å². The molecule has 1 aromatic carbocycles. The largest absolute Gasteiger partial charge is 0.497 e. The molecule has 1 aromatic heterocycles. The van der Waals surface area contributed by atoms with Crippen LogP contribution in [0.1, 0.15) is 17.4 Å². The quantitative estimate of drug-likeness (QED) is 0.790. The molecule has 0 amide bonds. The molecule has 3 heteroatoms. The first-order valence-electron chi connectivity index (χ1n) is 5.45. The summed E-state index contributed by atoms with van der Waals surface area (Å²) in [4.78, 5) is 4.70. The van der Waals surface area contributed by atoms with Crippen LogP contribution in [0, 0.1) is 0 Å². The molecule has 0 aliphatic rings. The SMILES string of the molecule is COc1ccc(-c2ccc(C(C)Br)nc2)cc1. The van der Waals surface area contributed by atoms with Crippen molar-refractivity contribution in [1.82, 2.24) is 4.98 Å². The molecule has 2 rings (SSSR count). The Morgan fingerprint density at radius 3 is 2.18 bits per heavy atom. The van der Waals surface area contributed by atoms with E-state index in [0.717, 1.165) is 22.6 Å². The molecule has 0 saturated heterocycles. The van der Waals surface area contributed by atoms with Gasteiger partial charge in [0.2, 0.25) is 0 Å². The van der Waals surface area contributed by atoms with Crippen molar-refractivity contribution in [2.45, 2.75) is 11.8 Å². The van der Waals surface area contributed by atoms with Crippen molar-refractivity contribution < 1.29 is 4.74 Å². The van der Waals surface area contributed by atoms with Crippen LogP contribution in [0.2, 0.25) is 0 Å². The molecule has 1 unspecified atom stereocenters. The van der Waals surface area contributed by atoms with Gasteiger partial charge in [0.05, 0.1) is 17.6 Å². The van der Waals surface area contributed by atoms with Gasteiger partial charge in [0.25, 0.3) is 0 Å². The number of benzene rings is 1. The molecule has 0 fully saturated rings. The van der Waals surface area contributed by atoms with Gasteiger partial charge in [-0.3, -0.25) is 4.98 Å². The highest BCUT2D eigenvalue weighted by molar-refractivity contribution is 9.09. The summed E-state index contributed by atoms with van der Waals surface area (Å²) < 4.78 is 5.13. The zero-order chi connectivity index (χ0) is 12.3. The minimum atomic E-state index is 0.285. The van der Waals surface area contributed by atoms with Crippen molar-refractivity contribution in [3.05, 3.63) is 48.3 Å². The van der Waals surface area contributed by atoms with Gasteiger partial charge in [0, 0.05) is 11.8 Å². The van der Waals surface area contributed by atoms with Crippen molar-refractivity contribution in [3.63, 3.8) is 0 Å². The number of pyridine rings is 1. The second-order valence-electron chi connectivity index (χ2n) is 3.82. The van der Waals surface area contributed by atoms with Crippen LogP contribution in [-0.2, 0) is 0 Å². The lowest BCUT2D eigenvalue weighted by Crippen LogP contribution is -1.89. The first-order chi connectivity index (χ1) is 8.20. The fourth-order valence-electron chi connectivity index (χ4n) is 1.59. The van der Waals surface area contributed by atoms with Crippen LogP contribution in [-0.4, -0.2) is 12.1 Å². The fourth-order valence-corrected chi connectivity index (χ4v) is 1.87. The van der Waals surface area contributed by atoms with Gasteiger partial charge in [-0.05, 0) is 30.7 Å². The average molecular weight is 292 g/mol. The van der Waals surface area contributed by atoms with E-state index in [1.807, 2.05) is 36.5 Å². The van der Waals surface area contributed by atoms with E-state index in [0.29, 0.717) is 0 Å². The molecule has 2 aromatic rings. The van der Waals surface area contributed by atoms with E-state index in [-0.39, 0.29) is 4.83 Å². The fraction of sp³-hybridized carbons (Fsp3) is 0.214. The van der Waals surface area contributed by atoms with Crippen LogP contribution < -0.4 is 4.74 Å². The minimum Gasteiger partial charge on any atom is -0.497 e. The molecule has 1 heterocycles. The number of rotatable bonds is 3. The van der Waals surface area contributed by atoms with E-state index in [4.69, 9.17) is 4.74 Å². The van der Waals surface area contributed by atoms with Gasteiger partial charge in [-0.2, -0.15) is 0 Å². The molecule has 88 valence electrons. The number of hydrogen-bond donors (Lipinski definition) is 0. The molecule has 0 spiro atoms. The van der Waals surface area contributed by atoms with Gasteiger partial charge in [-0.15, -0.1) is 0 Å². The van der Waals surface area contributed by atoms with Crippen molar-refractivity contribution in [1.29, 1.82) is 0 Å². The lowest BCUT2D eigenvalue weighted by molar-refractivity contribution is 0.415. The zero-order valence-electron chi connectivity index (χ0n) is 9.85. The summed E-state index contributed by atoms with van der Waals surface area (Å²) in [6.07, 6.45) is 1.90. The van der Waals surface area contributed by atoms with Crippen molar-refractivity contribution >= 4 is 15.9 Å². The highest BCUT2D eigenvalue weighted by Crippen LogP contribution is 2.24. The summed E-state index contributed by atoms with van der Waals surface area (Å²) in [6, 6.07) is 12.1. The Hall–Kier alpha value is -1.35. The molecule has 0 bridgehead atoms. The molecule has 2 nitrogen and oxygen atoms in total. The monoisotopic (exact) mass is 291 g/mol. The van der Waals surface area contributed by atoms with Gasteiger partial charge in [0.15, 0.2) is 0 Å². The van der Waals surface area contributed by atoms with Crippen LogP contribution in [0.3, 0.4) is 0 Å². The summed E-state index contributed by atoms with van der Waals surface area (Å²) in [6.45, 7) is 2.06. The summed E-state index contributed by atoms with van der Waals surface area (Å²) in [5.41, 5.74) is 3.30. The van der Waals surface area contributed by atoms with Gasteiger partial charge in [0.1, 0.15) is 5.75 Å². The standard InChI is InChI=1S/C14H14BrNO/c1-10(15)14-8-5-12(9-16-14)11-3-6-13(17-2)7-4-11/h3-10H,1-2H3.